The molecule has 0 spiro atoms. The number of hydrogen-bond donors (Lipinski definition) is 1. The zero-order valence-electron chi connectivity index (χ0n) is 14.6. The third-order valence-electron chi connectivity index (χ3n) is 3.51. The molecule has 0 saturated heterocycles. The lowest BCUT2D eigenvalue weighted by Gasteiger charge is -2.09. The van der Waals surface area contributed by atoms with Crippen molar-refractivity contribution >= 4 is 21.5 Å². The molecule has 26 heavy (non-hydrogen) atoms. The van der Waals surface area contributed by atoms with Gasteiger partial charge in [-0.1, -0.05) is 0 Å². The molecule has 0 heterocycles. The minimum Gasteiger partial charge on any atom is -0.497 e. The van der Waals surface area contributed by atoms with Gasteiger partial charge in [0.25, 0.3) is 0 Å². The minimum absolute atomic E-state index is 0.0496. The van der Waals surface area contributed by atoms with Crippen molar-refractivity contribution in [1.82, 2.24) is 0 Å². The number of methoxy groups -OCH3 is 3. The summed E-state index contributed by atoms with van der Waals surface area (Å²) in [5.41, 5.74) is 0.581. The van der Waals surface area contributed by atoms with Gasteiger partial charge in [-0.2, -0.15) is 0 Å². The Balaban J connectivity index is 2.36. The standard InChI is InChI=1S/C18H19NO6S/c1-23-14-6-4-13(5-7-14)19-12-17(18(20)25-3)26(21,22)16-10-8-15(24-2)9-11-16/h4-12,19H,1-3H3/b17-12-. The fourth-order valence-corrected chi connectivity index (χ4v) is 3.33. The highest BCUT2D eigenvalue weighted by atomic mass is 32.2. The molecule has 2 aromatic rings. The predicted octanol–water partition coefficient (Wildman–Crippen LogP) is 2.60. The Labute approximate surface area is 152 Å². The summed E-state index contributed by atoms with van der Waals surface area (Å²) in [4.78, 5) is 11.5. The molecule has 7 nitrogen and oxygen atoms in total. The number of anilines is 1. The van der Waals surface area contributed by atoms with E-state index in [0.717, 1.165) is 13.3 Å². The van der Waals surface area contributed by atoms with E-state index < -0.39 is 20.7 Å². The fourth-order valence-electron chi connectivity index (χ4n) is 2.06. The smallest absolute Gasteiger partial charge is 0.351 e. The van der Waals surface area contributed by atoms with Gasteiger partial charge >= 0.3 is 5.97 Å². The number of sulfone groups is 1. The molecule has 1 N–H and O–H groups in total. The van der Waals surface area contributed by atoms with Crippen molar-refractivity contribution in [2.24, 2.45) is 0 Å². The van der Waals surface area contributed by atoms with E-state index in [9.17, 15) is 13.2 Å². The molecule has 0 aliphatic heterocycles. The number of rotatable bonds is 7. The van der Waals surface area contributed by atoms with Crippen LogP contribution in [-0.4, -0.2) is 35.7 Å². The highest BCUT2D eigenvalue weighted by Gasteiger charge is 2.28. The average Bonchev–Trinajstić information content (AvgIpc) is 2.68. The van der Waals surface area contributed by atoms with Crippen molar-refractivity contribution in [3.05, 3.63) is 59.6 Å². The number of ether oxygens (including phenoxy) is 3. The van der Waals surface area contributed by atoms with Gasteiger partial charge in [-0.25, -0.2) is 13.2 Å². The van der Waals surface area contributed by atoms with Crippen molar-refractivity contribution in [1.29, 1.82) is 0 Å². The highest BCUT2D eigenvalue weighted by molar-refractivity contribution is 7.96. The van der Waals surface area contributed by atoms with Gasteiger partial charge in [0.1, 0.15) is 11.5 Å². The van der Waals surface area contributed by atoms with E-state index in [0.29, 0.717) is 17.2 Å². The summed E-state index contributed by atoms with van der Waals surface area (Å²) in [5, 5.41) is 2.79. The zero-order chi connectivity index (χ0) is 19.2. The van der Waals surface area contributed by atoms with Gasteiger partial charge in [-0.05, 0) is 48.5 Å². The lowest BCUT2D eigenvalue weighted by molar-refractivity contribution is -0.135. The number of nitrogens with one attached hydrogen (secondary N) is 1. The van der Waals surface area contributed by atoms with Crippen molar-refractivity contribution in [3.8, 4) is 11.5 Å². The number of hydrogen-bond acceptors (Lipinski definition) is 7. The molecule has 138 valence electrons. The Morgan fingerprint density at radius 2 is 1.38 bits per heavy atom. The van der Waals surface area contributed by atoms with Crippen molar-refractivity contribution in [3.63, 3.8) is 0 Å². The summed E-state index contributed by atoms with van der Waals surface area (Å²) in [5.74, 6) is 0.185. The fraction of sp³-hybridized carbons (Fsp3) is 0.167. The number of esters is 1. The minimum atomic E-state index is -4.08. The number of carbonyl (C=O) groups excluding carboxylic acids is 1. The molecular weight excluding hydrogens is 358 g/mol. The summed E-state index contributed by atoms with van der Waals surface area (Å²) < 4.78 is 40.3. The van der Waals surface area contributed by atoms with E-state index in [4.69, 9.17) is 9.47 Å². The third kappa shape index (κ3) is 4.34. The maximum atomic E-state index is 12.8. The van der Waals surface area contributed by atoms with E-state index in [2.05, 4.69) is 10.1 Å². The maximum absolute atomic E-state index is 12.8. The maximum Gasteiger partial charge on any atom is 0.351 e. The molecule has 2 rings (SSSR count). The first-order chi connectivity index (χ1) is 12.4. The van der Waals surface area contributed by atoms with E-state index in [1.165, 1.54) is 31.4 Å². The summed E-state index contributed by atoms with van der Waals surface area (Å²) in [6, 6.07) is 12.5. The Hall–Kier alpha value is -3.00. The van der Waals surface area contributed by atoms with Gasteiger partial charge in [0.15, 0.2) is 4.91 Å². The molecule has 0 aliphatic carbocycles. The van der Waals surface area contributed by atoms with Crippen LogP contribution in [0.25, 0.3) is 0 Å². The van der Waals surface area contributed by atoms with Crippen LogP contribution >= 0.6 is 0 Å². The second-order valence-corrected chi connectivity index (χ2v) is 6.97. The van der Waals surface area contributed by atoms with Gasteiger partial charge in [-0.15, -0.1) is 0 Å². The first-order valence-corrected chi connectivity index (χ1v) is 8.99. The molecule has 8 heteroatoms. The molecular formula is C18H19NO6S. The molecule has 2 aromatic carbocycles. The Kier molecular flexibility index (Phi) is 6.24. The molecule has 0 unspecified atom stereocenters. The summed E-state index contributed by atoms with van der Waals surface area (Å²) in [6.45, 7) is 0. The Morgan fingerprint density at radius 1 is 0.885 bits per heavy atom. The average molecular weight is 377 g/mol. The van der Waals surface area contributed by atoms with Crippen LogP contribution in [0, 0.1) is 0 Å². The first kappa shape index (κ1) is 19.3. The van der Waals surface area contributed by atoms with Crippen LogP contribution in [0.3, 0.4) is 0 Å². The van der Waals surface area contributed by atoms with E-state index in [1.807, 2.05) is 0 Å². The van der Waals surface area contributed by atoms with Gasteiger partial charge in [0.2, 0.25) is 9.84 Å². The topological polar surface area (TPSA) is 90.9 Å². The second kappa shape index (κ2) is 8.39. The normalized spacial score (nSPS) is 11.6. The van der Waals surface area contributed by atoms with Gasteiger partial charge in [-0.3, -0.25) is 0 Å². The van der Waals surface area contributed by atoms with Crippen LogP contribution in [-0.2, 0) is 19.4 Å². The largest absolute Gasteiger partial charge is 0.497 e. The van der Waals surface area contributed by atoms with E-state index in [-0.39, 0.29) is 4.90 Å². The van der Waals surface area contributed by atoms with Crippen LogP contribution in [0.15, 0.2) is 64.5 Å². The number of benzene rings is 2. The van der Waals surface area contributed by atoms with Crippen LogP contribution < -0.4 is 14.8 Å². The molecule has 0 bridgehead atoms. The lowest BCUT2D eigenvalue weighted by atomic mass is 10.3. The number of carbonyl (C=O) groups is 1. The monoisotopic (exact) mass is 377 g/mol. The van der Waals surface area contributed by atoms with E-state index >= 15 is 0 Å². The van der Waals surface area contributed by atoms with Crippen LogP contribution in [0.1, 0.15) is 0 Å². The zero-order valence-corrected chi connectivity index (χ0v) is 15.4. The highest BCUT2D eigenvalue weighted by Crippen LogP contribution is 2.23. The predicted molar refractivity (Wildman–Crippen MR) is 96.9 cm³/mol. The Bertz CT molecular complexity index is 886. The molecule has 0 atom stereocenters. The van der Waals surface area contributed by atoms with Crippen molar-refractivity contribution in [2.45, 2.75) is 4.90 Å². The van der Waals surface area contributed by atoms with Crippen molar-refractivity contribution in [2.75, 3.05) is 26.6 Å². The molecule has 0 saturated carbocycles. The molecule has 0 fully saturated rings. The molecule has 0 amide bonds. The molecule has 0 aliphatic rings. The van der Waals surface area contributed by atoms with Gasteiger partial charge < -0.3 is 19.5 Å². The molecule has 0 radical (unpaired) electrons. The Morgan fingerprint density at radius 3 is 1.85 bits per heavy atom. The lowest BCUT2D eigenvalue weighted by Crippen LogP contribution is -2.17. The molecule has 0 aromatic heterocycles. The SMILES string of the molecule is COC(=O)/C(=C/Nc1ccc(OC)cc1)S(=O)(=O)c1ccc(OC)cc1. The summed E-state index contributed by atoms with van der Waals surface area (Å²) >= 11 is 0. The van der Waals surface area contributed by atoms with Crippen LogP contribution in [0.4, 0.5) is 5.69 Å². The van der Waals surface area contributed by atoms with Crippen LogP contribution in [0.5, 0.6) is 11.5 Å². The summed E-state index contributed by atoms with van der Waals surface area (Å²) in [6.07, 6.45) is 1.10. The van der Waals surface area contributed by atoms with Gasteiger partial charge in [0.05, 0.1) is 26.2 Å². The van der Waals surface area contributed by atoms with Crippen LogP contribution in [0.2, 0.25) is 0 Å². The summed E-state index contributed by atoms with van der Waals surface area (Å²) in [7, 11) is 0.0567. The first-order valence-electron chi connectivity index (χ1n) is 7.50. The third-order valence-corrected chi connectivity index (χ3v) is 5.26. The second-order valence-electron chi connectivity index (χ2n) is 5.05. The van der Waals surface area contributed by atoms with Crippen molar-refractivity contribution < 1.29 is 27.4 Å². The van der Waals surface area contributed by atoms with E-state index in [1.54, 1.807) is 31.4 Å². The van der Waals surface area contributed by atoms with Gasteiger partial charge in [0, 0.05) is 11.9 Å². The quantitative estimate of drug-likeness (QED) is 0.586.